The van der Waals surface area contributed by atoms with Crippen molar-refractivity contribution < 1.29 is 4.74 Å². The van der Waals surface area contributed by atoms with Gasteiger partial charge in [-0.3, -0.25) is 5.10 Å². The number of hydrogen-bond donors (Lipinski definition) is 2. The molecule has 24 heavy (non-hydrogen) atoms. The fourth-order valence-electron chi connectivity index (χ4n) is 2.98. The molecule has 0 fully saturated rings. The molecule has 0 saturated heterocycles. The molecule has 2 N–H and O–H groups in total. The number of H-pyrrole nitrogens is 2. The van der Waals surface area contributed by atoms with E-state index in [0.29, 0.717) is 0 Å². The topological polar surface area (TPSA) is 79.5 Å². The lowest BCUT2D eigenvalue weighted by Gasteiger charge is -2.05. The first-order valence-electron chi connectivity index (χ1n) is 7.59. The Balaban J connectivity index is 1.72. The summed E-state index contributed by atoms with van der Waals surface area (Å²) in [5.41, 5.74) is 4.34. The predicted molar refractivity (Wildman–Crippen MR) is 93.0 cm³/mol. The molecule has 0 radical (unpaired) electrons. The van der Waals surface area contributed by atoms with E-state index in [1.54, 1.807) is 7.11 Å². The van der Waals surface area contributed by atoms with Crippen molar-refractivity contribution >= 4 is 32.8 Å². The predicted octanol–water partition coefficient (Wildman–Crippen LogP) is 3.66. The lowest BCUT2D eigenvalue weighted by atomic mass is 10.2. The Morgan fingerprint density at radius 1 is 0.958 bits per heavy atom. The molecule has 5 rings (SSSR count). The first-order chi connectivity index (χ1) is 11.8. The van der Waals surface area contributed by atoms with Crippen LogP contribution in [0.4, 0.5) is 0 Å². The number of ether oxygens (including phenoxy) is 1. The minimum absolute atomic E-state index is 0.731. The van der Waals surface area contributed by atoms with E-state index < -0.39 is 0 Å². The molecule has 0 spiro atoms. The maximum atomic E-state index is 5.41. The molecule has 0 bridgehead atoms. The van der Waals surface area contributed by atoms with Gasteiger partial charge in [-0.1, -0.05) is 18.2 Å². The molecule has 0 aliphatic carbocycles. The van der Waals surface area contributed by atoms with Gasteiger partial charge in [0, 0.05) is 17.0 Å². The standard InChI is InChI=1S/C18H13N5O/c1-24-16-4-2-3-10-5-6-12(20-17(10)16)18-21-14-7-11-9-19-23-13(11)8-15(14)22-18/h2-9H,1H3,(H,19,23)(H,21,22). The smallest absolute Gasteiger partial charge is 0.157 e. The number of rotatable bonds is 2. The summed E-state index contributed by atoms with van der Waals surface area (Å²) in [4.78, 5) is 12.7. The van der Waals surface area contributed by atoms with Gasteiger partial charge in [-0.2, -0.15) is 5.10 Å². The lowest BCUT2D eigenvalue weighted by Crippen LogP contribution is -1.90. The Kier molecular flexibility index (Phi) is 2.61. The minimum atomic E-state index is 0.731. The van der Waals surface area contributed by atoms with Gasteiger partial charge < -0.3 is 9.72 Å². The molecule has 0 aliphatic heterocycles. The van der Waals surface area contributed by atoms with Crippen LogP contribution >= 0.6 is 0 Å². The highest BCUT2D eigenvalue weighted by Gasteiger charge is 2.11. The van der Waals surface area contributed by atoms with Crippen molar-refractivity contribution in [3.8, 4) is 17.3 Å². The van der Waals surface area contributed by atoms with Crippen molar-refractivity contribution in [2.75, 3.05) is 7.11 Å². The second-order valence-electron chi connectivity index (χ2n) is 5.63. The SMILES string of the molecule is COc1cccc2ccc(-c3nc4cc5c[nH]nc5cc4[nH]3)nc12. The second-order valence-corrected chi connectivity index (χ2v) is 5.63. The molecule has 0 amide bonds. The average molecular weight is 315 g/mol. The van der Waals surface area contributed by atoms with Crippen LogP contribution in [-0.4, -0.2) is 32.3 Å². The summed E-state index contributed by atoms with van der Waals surface area (Å²) in [7, 11) is 1.65. The summed E-state index contributed by atoms with van der Waals surface area (Å²) >= 11 is 0. The molecule has 0 atom stereocenters. The summed E-state index contributed by atoms with van der Waals surface area (Å²) in [6.45, 7) is 0. The van der Waals surface area contributed by atoms with Gasteiger partial charge in [-0.25, -0.2) is 9.97 Å². The normalized spacial score (nSPS) is 11.5. The number of nitrogens with zero attached hydrogens (tertiary/aromatic N) is 3. The number of methoxy groups -OCH3 is 1. The third-order valence-electron chi connectivity index (χ3n) is 4.18. The molecule has 0 aliphatic rings. The first kappa shape index (κ1) is 13.1. The Hall–Kier alpha value is -3.41. The fraction of sp³-hybridized carbons (Fsp3) is 0.0556. The number of aromatic amines is 2. The van der Waals surface area contributed by atoms with Crippen LogP contribution in [0.25, 0.3) is 44.4 Å². The second kappa shape index (κ2) is 4.79. The van der Waals surface area contributed by atoms with Crippen molar-refractivity contribution in [1.82, 2.24) is 25.1 Å². The zero-order valence-electron chi connectivity index (χ0n) is 12.9. The van der Waals surface area contributed by atoms with E-state index in [1.165, 1.54) is 0 Å². The van der Waals surface area contributed by atoms with Gasteiger partial charge in [0.1, 0.15) is 17.0 Å². The number of imidazole rings is 1. The van der Waals surface area contributed by atoms with Gasteiger partial charge in [0.2, 0.25) is 0 Å². The van der Waals surface area contributed by atoms with Crippen LogP contribution in [0.5, 0.6) is 5.75 Å². The van der Waals surface area contributed by atoms with Crippen LogP contribution in [0.1, 0.15) is 0 Å². The van der Waals surface area contributed by atoms with Crippen LogP contribution in [0.3, 0.4) is 0 Å². The Labute approximate surface area is 136 Å². The first-order valence-corrected chi connectivity index (χ1v) is 7.59. The molecular weight excluding hydrogens is 302 g/mol. The summed E-state index contributed by atoms with van der Waals surface area (Å²) in [6, 6.07) is 13.9. The molecule has 0 unspecified atom stereocenters. The van der Waals surface area contributed by atoms with Crippen molar-refractivity contribution in [3.05, 3.63) is 48.7 Å². The molecule has 6 nitrogen and oxygen atoms in total. The number of hydrogen-bond acceptors (Lipinski definition) is 4. The van der Waals surface area contributed by atoms with Crippen LogP contribution in [0.2, 0.25) is 0 Å². The molecular formula is C18H13N5O. The maximum absolute atomic E-state index is 5.41. The van der Waals surface area contributed by atoms with Crippen molar-refractivity contribution in [2.24, 2.45) is 0 Å². The zero-order chi connectivity index (χ0) is 16.1. The van der Waals surface area contributed by atoms with E-state index in [1.807, 2.05) is 48.7 Å². The number of pyridine rings is 1. The van der Waals surface area contributed by atoms with Crippen LogP contribution in [0, 0.1) is 0 Å². The number of fused-ring (bicyclic) bond motifs is 3. The molecule has 116 valence electrons. The molecule has 0 saturated carbocycles. The number of aromatic nitrogens is 5. The summed E-state index contributed by atoms with van der Waals surface area (Å²) in [5, 5.41) is 9.14. The van der Waals surface area contributed by atoms with Crippen molar-refractivity contribution in [3.63, 3.8) is 0 Å². The molecule has 2 aromatic carbocycles. The van der Waals surface area contributed by atoms with Crippen LogP contribution < -0.4 is 4.74 Å². The highest BCUT2D eigenvalue weighted by molar-refractivity contribution is 5.94. The van der Waals surface area contributed by atoms with E-state index in [0.717, 1.165) is 50.1 Å². The quantitative estimate of drug-likeness (QED) is 0.521. The molecule has 3 aromatic heterocycles. The van der Waals surface area contributed by atoms with Gasteiger partial charge in [0.15, 0.2) is 5.82 Å². The Bertz CT molecular complexity index is 1160. The minimum Gasteiger partial charge on any atom is -0.494 e. The summed E-state index contributed by atoms with van der Waals surface area (Å²) in [5.74, 6) is 1.48. The van der Waals surface area contributed by atoms with Crippen molar-refractivity contribution in [2.45, 2.75) is 0 Å². The van der Waals surface area contributed by atoms with Gasteiger partial charge in [0.25, 0.3) is 0 Å². The average Bonchev–Trinajstić information content (AvgIpc) is 3.24. The highest BCUT2D eigenvalue weighted by Crippen LogP contribution is 2.28. The summed E-state index contributed by atoms with van der Waals surface area (Å²) < 4.78 is 5.41. The van der Waals surface area contributed by atoms with Crippen LogP contribution in [-0.2, 0) is 0 Å². The van der Waals surface area contributed by atoms with Crippen molar-refractivity contribution in [1.29, 1.82) is 0 Å². The third-order valence-corrected chi connectivity index (χ3v) is 4.18. The van der Waals surface area contributed by atoms with Gasteiger partial charge >= 0.3 is 0 Å². The summed E-state index contributed by atoms with van der Waals surface area (Å²) in [6.07, 6.45) is 1.86. The van der Waals surface area contributed by atoms with Gasteiger partial charge in [-0.15, -0.1) is 0 Å². The Morgan fingerprint density at radius 3 is 2.83 bits per heavy atom. The molecule has 5 aromatic rings. The monoisotopic (exact) mass is 315 g/mol. The van der Waals surface area contributed by atoms with E-state index in [4.69, 9.17) is 9.72 Å². The largest absolute Gasteiger partial charge is 0.494 e. The molecule has 3 heterocycles. The van der Waals surface area contributed by atoms with E-state index in [9.17, 15) is 0 Å². The van der Waals surface area contributed by atoms with E-state index in [2.05, 4.69) is 20.2 Å². The zero-order valence-corrected chi connectivity index (χ0v) is 12.9. The maximum Gasteiger partial charge on any atom is 0.157 e. The number of nitrogens with one attached hydrogen (secondary N) is 2. The number of benzene rings is 2. The van der Waals surface area contributed by atoms with Gasteiger partial charge in [0.05, 0.1) is 23.7 Å². The van der Waals surface area contributed by atoms with E-state index in [-0.39, 0.29) is 0 Å². The number of para-hydroxylation sites is 1. The lowest BCUT2D eigenvalue weighted by molar-refractivity contribution is 0.419. The van der Waals surface area contributed by atoms with E-state index >= 15 is 0 Å². The van der Waals surface area contributed by atoms with Gasteiger partial charge in [-0.05, 0) is 24.3 Å². The highest BCUT2D eigenvalue weighted by atomic mass is 16.5. The fourth-order valence-corrected chi connectivity index (χ4v) is 2.98. The molecule has 6 heteroatoms. The Morgan fingerprint density at radius 2 is 1.92 bits per heavy atom. The van der Waals surface area contributed by atoms with Crippen LogP contribution in [0.15, 0.2) is 48.7 Å². The third kappa shape index (κ3) is 1.86.